The molecule has 0 saturated carbocycles. The lowest BCUT2D eigenvalue weighted by Gasteiger charge is -2.22. The number of carbonyl (C=O) groups excluding carboxylic acids is 2. The second kappa shape index (κ2) is 9.06. The Morgan fingerprint density at radius 1 is 1.13 bits per heavy atom. The number of halogens is 2. The summed E-state index contributed by atoms with van der Waals surface area (Å²) >= 11 is 12.3. The zero-order chi connectivity index (χ0) is 21.9. The predicted octanol–water partition coefficient (Wildman–Crippen LogP) is 4.21. The zero-order valence-corrected chi connectivity index (χ0v) is 18.5. The smallest absolute Gasteiger partial charge is 0.251 e. The monoisotopic (exact) mass is 447 g/mol. The van der Waals surface area contributed by atoms with Crippen LogP contribution < -0.4 is 10.6 Å². The summed E-state index contributed by atoms with van der Waals surface area (Å²) < 4.78 is 0. The number of carbonyl (C=O) groups is 2. The lowest BCUT2D eigenvalue weighted by molar-refractivity contribution is -0.120. The van der Waals surface area contributed by atoms with Crippen LogP contribution >= 0.6 is 23.2 Å². The van der Waals surface area contributed by atoms with Crippen molar-refractivity contribution in [2.75, 3.05) is 13.1 Å². The van der Waals surface area contributed by atoms with Crippen molar-refractivity contribution in [1.29, 1.82) is 0 Å². The highest BCUT2D eigenvalue weighted by Gasteiger charge is 2.37. The molecular formula is C22H23Cl2N3O3. The fourth-order valence-corrected chi connectivity index (χ4v) is 3.85. The third-order valence-corrected chi connectivity index (χ3v) is 5.36. The number of benzene rings is 2. The van der Waals surface area contributed by atoms with Gasteiger partial charge in [0.05, 0.1) is 12.3 Å². The largest absolute Gasteiger partial charge is 0.384 e. The zero-order valence-electron chi connectivity index (χ0n) is 17.0. The van der Waals surface area contributed by atoms with Crippen LogP contribution in [0.25, 0.3) is 0 Å². The molecule has 158 valence electrons. The van der Waals surface area contributed by atoms with E-state index in [1.165, 1.54) is 0 Å². The lowest BCUT2D eigenvalue weighted by Crippen LogP contribution is -2.37. The molecule has 2 aromatic carbocycles. The number of likely N-dealkylation sites (N-methyl/N-ethyl adjacent to an activating group) is 1. The number of nitrogens with zero attached hydrogens (tertiary/aromatic N) is 1. The molecule has 0 aliphatic carbocycles. The molecule has 1 aliphatic rings. The van der Waals surface area contributed by atoms with Gasteiger partial charge in [0.25, 0.3) is 5.91 Å². The van der Waals surface area contributed by atoms with Gasteiger partial charge < -0.3 is 15.5 Å². The maximum Gasteiger partial charge on any atom is 0.251 e. The number of hydrogen-bond donors (Lipinski definition) is 2. The highest BCUT2D eigenvalue weighted by atomic mass is 35.5. The Hall–Kier alpha value is -2.57. The Labute approximate surface area is 185 Å². The molecule has 2 amide bonds. The third kappa shape index (κ3) is 4.94. The SMILES string of the molecule is CCNC(=O)CNC(=O)c1ccc(C2=NO[C@@](C)(c3cc(Cl)cc(Cl)c3)C2)cc1C. The Morgan fingerprint density at radius 2 is 1.83 bits per heavy atom. The van der Waals surface area contributed by atoms with E-state index < -0.39 is 5.60 Å². The van der Waals surface area contributed by atoms with Crippen LogP contribution in [0.15, 0.2) is 41.6 Å². The molecule has 8 heteroatoms. The highest BCUT2D eigenvalue weighted by molar-refractivity contribution is 6.34. The minimum atomic E-state index is -0.680. The summed E-state index contributed by atoms with van der Waals surface area (Å²) in [5.41, 5.74) is 3.09. The molecular weight excluding hydrogens is 425 g/mol. The van der Waals surface area contributed by atoms with E-state index in [-0.39, 0.29) is 18.4 Å². The first-order chi connectivity index (χ1) is 14.2. The summed E-state index contributed by atoms with van der Waals surface area (Å²) in [5.74, 6) is -0.522. The van der Waals surface area contributed by atoms with Crippen LogP contribution in [0, 0.1) is 6.92 Å². The summed E-state index contributed by atoms with van der Waals surface area (Å²) in [6.07, 6.45) is 0.534. The normalized spacial score (nSPS) is 17.8. The number of nitrogens with one attached hydrogen (secondary N) is 2. The van der Waals surface area contributed by atoms with Gasteiger partial charge in [0.1, 0.15) is 0 Å². The second-order valence-electron chi connectivity index (χ2n) is 7.36. The number of rotatable bonds is 6. The molecule has 1 heterocycles. The number of amides is 2. The molecule has 0 bridgehead atoms. The van der Waals surface area contributed by atoms with Crippen molar-refractivity contribution in [2.24, 2.45) is 5.16 Å². The van der Waals surface area contributed by atoms with Gasteiger partial charge in [0, 0.05) is 34.1 Å². The van der Waals surface area contributed by atoms with Gasteiger partial charge in [-0.25, -0.2) is 0 Å². The van der Waals surface area contributed by atoms with Crippen LogP contribution in [0.2, 0.25) is 10.0 Å². The van der Waals surface area contributed by atoms with E-state index >= 15 is 0 Å². The molecule has 3 rings (SSSR count). The van der Waals surface area contributed by atoms with Crippen molar-refractivity contribution in [1.82, 2.24) is 10.6 Å². The van der Waals surface area contributed by atoms with Crippen molar-refractivity contribution in [3.8, 4) is 0 Å². The molecule has 0 unspecified atom stereocenters. The fourth-order valence-electron chi connectivity index (χ4n) is 3.32. The second-order valence-corrected chi connectivity index (χ2v) is 8.23. The lowest BCUT2D eigenvalue weighted by atomic mass is 9.88. The van der Waals surface area contributed by atoms with Gasteiger partial charge in [-0.3, -0.25) is 9.59 Å². The van der Waals surface area contributed by atoms with Crippen molar-refractivity contribution in [3.05, 3.63) is 68.7 Å². The quantitative estimate of drug-likeness (QED) is 0.695. The molecule has 1 atom stereocenters. The minimum Gasteiger partial charge on any atom is -0.384 e. The molecule has 0 spiro atoms. The van der Waals surface area contributed by atoms with Gasteiger partial charge in [-0.05, 0) is 62.2 Å². The van der Waals surface area contributed by atoms with E-state index in [1.54, 1.807) is 12.1 Å². The summed E-state index contributed by atoms with van der Waals surface area (Å²) in [6.45, 7) is 6.06. The molecule has 0 saturated heterocycles. The summed E-state index contributed by atoms with van der Waals surface area (Å²) in [5, 5.41) is 10.6. The van der Waals surface area contributed by atoms with Crippen LogP contribution in [0.4, 0.5) is 0 Å². The fraction of sp³-hybridized carbons (Fsp3) is 0.318. The molecule has 0 aromatic heterocycles. The van der Waals surface area contributed by atoms with Crippen LogP contribution in [0.3, 0.4) is 0 Å². The minimum absolute atomic E-state index is 0.0606. The number of aryl methyl sites for hydroxylation is 1. The average Bonchev–Trinajstić information content (AvgIpc) is 3.09. The summed E-state index contributed by atoms with van der Waals surface area (Å²) in [7, 11) is 0. The summed E-state index contributed by atoms with van der Waals surface area (Å²) in [6, 6.07) is 10.8. The van der Waals surface area contributed by atoms with Gasteiger partial charge in [-0.15, -0.1) is 0 Å². The topological polar surface area (TPSA) is 79.8 Å². The van der Waals surface area contributed by atoms with Crippen molar-refractivity contribution in [3.63, 3.8) is 0 Å². The van der Waals surface area contributed by atoms with Crippen molar-refractivity contribution >= 4 is 40.7 Å². The van der Waals surface area contributed by atoms with Gasteiger partial charge in [0.2, 0.25) is 5.91 Å². The molecule has 0 fully saturated rings. The Morgan fingerprint density at radius 3 is 2.47 bits per heavy atom. The van der Waals surface area contributed by atoms with Crippen molar-refractivity contribution < 1.29 is 14.4 Å². The van der Waals surface area contributed by atoms with Crippen molar-refractivity contribution in [2.45, 2.75) is 32.8 Å². The molecule has 6 nitrogen and oxygen atoms in total. The maximum absolute atomic E-state index is 12.4. The van der Waals surface area contributed by atoms with E-state index in [0.29, 0.717) is 28.6 Å². The van der Waals surface area contributed by atoms with Crippen LogP contribution in [-0.4, -0.2) is 30.6 Å². The molecule has 2 N–H and O–H groups in total. The van der Waals surface area contributed by atoms with Crippen LogP contribution in [-0.2, 0) is 15.2 Å². The van der Waals surface area contributed by atoms with Crippen LogP contribution in [0.1, 0.15) is 47.3 Å². The molecule has 1 aliphatic heterocycles. The Bertz CT molecular complexity index is 1000. The van der Waals surface area contributed by atoms with E-state index in [9.17, 15) is 9.59 Å². The molecule has 2 aromatic rings. The summed E-state index contributed by atoms with van der Waals surface area (Å²) in [4.78, 5) is 29.7. The van der Waals surface area contributed by atoms with E-state index in [1.807, 2.05) is 45.0 Å². The first kappa shape index (κ1) is 22.1. The van der Waals surface area contributed by atoms with E-state index in [2.05, 4.69) is 15.8 Å². The Kier molecular flexibility index (Phi) is 6.68. The van der Waals surface area contributed by atoms with E-state index in [4.69, 9.17) is 28.0 Å². The van der Waals surface area contributed by atoms with Gasteiger partial charge in [-0.1, -0.05) is 34.4 Å². The third-order valence-electron chi connectivity index (χ3n) is 4.92. The average molecular weight is 448 g/mol. The standard InChI is InChI=1S/C22H23Cl2N3O3/c1-4-25-20(28)12-26-21(29)18-6-5-14(7-13(18)2)19-11-22(3,30-27-19)15-8-16(23)10-17(24)9-15/h5-10H,4,11-12H2,1-3H3,(H,25,28)(H,26,29)/t22-/m1/s1. The van der Waals surface area contributed by atoms with Gasteiger partial charge in [0.15, 0.2) is 5.60 Å². The van der Waals surface area contributed by atoms with Gasteiger partial charge in [-0.2, -0.15) is 0 Å². The van der Waals surface area contributed by atoms with E-state index in [0.717, 1.165) is 22.4 Å². The number of hydrogen-bond acceptors (Lipinski definition) is 4. The number of oxime groups is 1. The Balaban J connectivity index is 1.72. The first-order valence-electron chi connectivity index (χ1n) is 9.59. The highest BCUT2D eigenvalue weighted by Crippen LogP contribution is 2.38. The molecule has 0 radical (unpaired) electrons. The molecule has 30 heavy (non-hydrogen) atoms. The predicted molar refractivity (Wildman–Crippen MR) is 118 cm³/mol. The first-order valence-corrected chi connectivity index (χ1v) is 10.3. The van der Waals surface area contributed by atoms with Gasteiger partial charge >= 0.3 is 0 Å². The maximum atomic E-state index is 12.4. The van der Waals surface area contributed by atoms with Crippen LogP contribution in [0.5, 0.6) is 0 Å².